The lowest BCUT2D eigenvalue weighted by molar-refractivity contribution is -0.143. The molecule has 3 amide bonds. The summed E-state index contributed by atoms with van der Waals surface area (Å²) < 4.78 is 5.22. The van der Waals surface area contributed by atoms with Crippen LogP contribution in [-0.2, 0) is 14.3 Å². The number of amides is 3. The monoisotopic (exact) mass is 449 g/mol. The van der Waals surface area contributed by atoms with Gasteiger partial charge in [0.15, 0.2) is 0 Å². The Bertz CT molecular complexity index is 733. The van der Waals surface area contributed by atoms with E-state index in [1.54, 1.807) is 32.9 Å². The minimum Gasteiger partial charge on any atom is -0.444 e. The third-order valence-electron chi connectivity index (χ3n) is 4.70. The highest BCUT2D eigenvalue weighted by molar-refractivity contribution is 5.92. The predicted molar refractivity (Wildman–Crippen MR) is 124 cm³/mol. The number of nitrogens with zero attached hydrogens (tertiary/aromatic N) is 1. The van der Waals surface area contributed by atoms with E-state index in [0.717, 1.165) is 12.8 Å². The van der Waals surface area contributed by atoms with Crippen molar-refractivity contribution in [3.63, 3.8) is 0 Å². The molecule has 8 heteroatoms. The Hall–Kier alpha value is -2.61. The first-order chi connectivity index (χ1) is 15.0. The number of alkyl carbamates (subject to hydrolysis) is 1. The highest BCUT2D eigenvalue weighted by Gasteiger charge is 2.35. The minimum absolute atomic E-state index is 0.0502. The van der Waals surface area contributed by atoms with Crippen LogP contribution >= 0.6 is 0 Å². The Balaban J connectivity index is 3.23. The molecule has 8 nitrogen and oxygen atoms in total. The smallest absolute Gasteiger partial charge is 0.408 e. The molecule has 3 unspecified atom stereocenters. The van der Waals surface area contributed by atoms with Crippen LogP contribution in [0.15, 0.2) is 30.3 Å². The summed E-state index contributed by atoms with van der Waals surface area (Å²) >= 11 is 0. The number of carbonyl (C=O) groups is 3. The topological polar surface area (TPSA) is 108 Å². The summed E-state index contributed by atoms with van der Waals surface area (Å²) in [5, 5.41) is 15.3. The fourth-order valence-electron chi connectivity index (χ4n) is 3.38. The second-order valence-corrected chi connectivity index (χ2v) is 8.92. The van der Waals surface area contributed by atoms with Crippen molar-refractivity contribution in [2.75, 3.05) is 13.2 Å². The molecule has 3 N–H and O–H groups in total. The summed E-state index contributed by atoms with van der Waals surface area (Å²) in [6.45, 7) is 10.6. The summed E-state index contributed by atoms with van der Waals surface area (Å²) in [7, 11) is 0. The average Bonchev–Trinajstić information content (AvgIpc) is 2.70. The number of hydrogen-bond acceptors (Lipinski definition) is 5. The van der Waals surface area contributed by atoms with Gasteiger partial charge >= 0.3 is 6.09 Å². The Kier molecular flexibility index (Phi) is 11.2. The molecule has 0 bridgehead atoms. The predicted octanol–water partition coefficient (Wildman–Crippen LogP) is 3.16. The van der Waals surface area contributed by atoms with Crippen molar-refractivity contribution >= 4 is 17.9 Å². The molecule has 0 aliphatic heterocycles. The molecule has 0 radical (unpaired) electrons. The number of aliphatic hydroxyl groups is 1. The molecular weight excluding hydrogens is 410 g/mol. The fourth-order valence-corrected chi connectivity index (χ4v) is 3.38. The molecule has 3 atom stereocenters. The summed E-state index contributed by atoms with van der Waals surface area (Å²) in [6, 6.07) is 6.86. The molecule has 0 saturated carbocycles. The fraction of sp³-hybridized carbons (Fsp3) is 0.625. The van der Waals surface area contributed by atoms with Crippen molar-refractivity contribution in [2.24, 2.45) is 0 Å². The second kappa shape index (κ2) is 13.1. The molecule has 0 aliphatic rings. The van der Waals surface area contributed by atoms with E-state index in [1.807, 2.05) is 39.0 Å². The van der Waals surface area contributed by atoms with Gasteiger partial charge in [0.2, 0.25) is 11.8 Å². The zero-order valence-corrected chi connectivity index (χ0v) is 20.2. The number of rotatable bonds is 11. The summed E-state index contributed by atoms with van der Waals surface area (Å²) in [4.78, 5) is 40.3. The first-order valence-corrected chi connectivity index (χ1v) is 11.3. The van der Waals surface area contributed by atoms with Crippen molar-refractivity contribution in [2.45, 2.75) is 84.5 Å². The van der Waals surface area contributed by atoms with E-state index in [0.29, 0.717) is 12.0 Å². The first kappa shape index (κ1) is 27.4. The molecule has 1 aromatic carbocycles. The summed E-state index contributed by atoms with van der Waals surface area (Å²) in [5.74, 6) is -0.847. The lowest BCUT2D eigenvalue weighted by Crippen LogP contribution is -2.55. The van der Waals surface area contributed by atoms with E-state index in [9.17, 15) is 19.5 Å². The standard InChI is InChI=1S/C24H39N3O5/c1-7-12-17(3)25-21(29)20(18-13-10-9-11-14-18)27(15-8-2)22(30)19(16-28)26-23(31)32-24(4,5)6/h9-11,13-14,17,19-20,28H,7-8,12,15-16H2,1-6H3,(H,25,29)(H,26,31). The molecule has 0 spiro atoms. The van der Waals surface area contributed by atoms with Crippen LogP contribution in [0, 0.1) is 0 Å². The van der Waals surface area contributed by atoms with Gasteiger partial charge in [-0.3, -0.25) is 9.59 Å². The number of carbonyl (C=O) groups excluding carboxylic acids is 3. The van der Waals surface area contributed by atoms with Gasteiger partial charge in [0.25, 0.3) is 0 Å². The van der Waals surface area contributed by atoms with Gasteiger partial charge in [0.1, 0.15) is 17.7 Å². The lowest BCUT2D eigenvalue weighted by atomic mass is 10.0. The highest BCUT2D eigenvalue weighted by atomic mass is 16.6. The molecule has 32 heavy (non-hydrogen) atoms. The van der Waals surface area contributed by atoms with Gasteiger partial charge in [-0.25, -0.2) is 4.79 Å². The van der Waals surface area contributed by atoms with Gasteiger partial charge in [0.05, 0.1) is 6.61 Å². The Morgan fingerprint density at radius 1 is 1.06 bits per heavy atom. The van der Waals surface area contributed by atoms with E-state index in [4.69, 9.17) is 4.74 Å². The van der Waals surface area contributed by atoms with Crippen LogP contribution in [-0.4, -0.2) is 58.8 Å². The summed E-state index contributed by atoms with van der Waals surface area (Å²) in [5.41, 5.74) is -0.0950. The van der Waals surface area contributed by atoms with E-state index in [2.05, 4.69) is 10.6 Å². The maximum Gasteiger partial charge on any atom is 0.408 e. The highest BCUT2D eigenvalue weighted by Crippen LogP contribution is 2.23. The van der Waals surface area contributed by atoms with Crippen LogP contribution in [0.3, 0.4) is 0 Å². The van der Waals surface area contributed by atoms with Gasteiger partial charge in [-0.15, -0.1) is 0 Å². The molecule has 0 fully saturated rings. The van der Waals surface area contributed by atoms with E-state index in [-0.39, 0.29) is 18.5 Å². The first-order valence-electron chi connectivity index (χ1n) is 11.3. The zero-order chi connectivity index (χ0) is 24.3. The van der Waals surface area contributed by atoms with Gasteiger partial charge in [-0.2, -0.15) is 0 Å². The maximum absolute atomic E-state index is 13.4. The van der Waals surface area contributed by atoms with Gasteiger partial charge in [0, 0.05) is 12.6 Å². The van der Waals surface area contributed by atoms with Crippen molar-refractivity contribution in [3.8, 4) is 0 Å². The molecule has 1 aromatic rings. The summed E-state index contributed by atoms with van der Waals surface area (Å²) in [6.07, 6.45) is 1.52. The molecular formula is C24H39N3O5. The normalized spacial score (nSPS) is 14.1. The molecule has 1 rings (SSSR count). The van der Waals surface area contributed by atoms with Crippen LogP contribution in [0.4, 0.5) is 4.79 Å². The molecule has 180 valence electrons. The number of aliphatic hydroxyl groups excluding tert-OH is 1. The van der Waals surface area contributed by atoms with Crippen molar-refractivity contribution < 1.29 is 24.2 Å². The second-order valence-electron chi connectivity index (χ2n) is 8.92. The Labute approximate surface area is 191 Å². The number of ether oxygens (including phenoxy) is 1. The van der Waals surface area contributed by atoms with Crippen molar-refractivity contribution in [1.29, 1.82) is 0 Å². The molecule has 0 aliphatic carbocycles. The van der Waals surface area contributed by atoms with Gasteiger partial charge in [-0.1, -0.05) is 50.6 Å². The third-order valence-corrected chi connectivity index (χ3v) is 4.70. The van der Waals surface area contributed by atoms with Crippen LogP contribution in [0.1, 0.15) is 72.4 Å². The van der Waals surface area contributed by atoms with E-state index >= 15 is 0 Å². The van der Waals surface area contributed by atoms with Crippen molar-refractivity contribution in [3.05, 3.63) is 35.9 Å². The third kappa shape index (κ3) is 8.86. The molecule has 0 saturated heterocycles. The van der Waals surface area contributed by atoms with Crippen LogP contribution in [0.25, 0.3) is 0 Å². The van der Waals surface area contributed by atoms with Crippen molar-refractivity contribution in [1.82, 2.24) is 15.5 Å². The van der Waals surface area contributed by atoms with Crippen LogP contribution in [0.2, 0.25) is 0 Å². The van der Waals surface area contributed by atoms with Gasteiger partial charge < -0.3 is 25.4 Å². The molecule has 0 aromatic heterocycles. The van der Waals surface area contributed by atoms with Crippen LogP contribution < -0.4 is 10.6 Å². The Morgan fingerprint density at radius 2 is 1.69 bits per heavy atom. The van der Waals surface area contributed by atoms with E-state index < -0.39 is 36.3 Å². The Morgan fingerprint density at radius 3 is 2.19 bits per heavy atom. The minimum atomic E-state index is -1.23. The van der Waals surface area contributed by atoms with Gasteiger partial charge in [-0.05, 0) is 46.1 Å². The number of benzene rings is 1. The average molecular weight is 450 g/mol. The maximum atomic E-state index is 13.4. The zero-order valence-electron chi connectivity index (χ0n) is 20.2. The lowest BCUT2D eigenvalue weighted by Gasteiger charge is -2.34. The SMILES string of the molecule is CCCC(C)NC(=O)C(c1ccccc1)N(CCC)C(=O)C(CO)NC(=O)OC(C)(C)C. The molecule has 0 heterocycles. The largest absolute Gasteiger partial charge is 0.444 e. The van der Waals surface area contributed by atoms with E-state index in [1.165, 1.54) is 4.90 Å². The quantitative estimate of drug-likeness (QED) is 0.481. The number of nitrogens with one attached hydrogen (secondary N) is 2. The van der Waals surface area contributed by atoms with Crippen LogP contribution in [0.5, 0.6) is 0 Å². The number of hydrogen-bond donors (Lipinski definition) is 3.